The lowest BCUT2D eigenvalue weighted by Gasteiger charge is -2.06. The van der Waals surface area contributed by atoms with Crippen LogP contribution in [0.3, 0.4) is 0 Å². The van der Waals surface area contributed by atoms with E-state index in [2.05, 4.69) is 28.3 Å². The molecule has 7 heteroatoms. The Bertz CT molecular complexity index is 1350. The van der Waals surface area contributed by atoms with E-state index < -0.39 is 0 Å². The molecule has 1 aromatic carbocycles. The number of benzene rings is 1. The number of hydrogen-bond acceptors (Lipinski definition) is 5. The number of ether oxygens (including phenoxy) is 1. The van der Waals surface area contributed by atoms with Crippen LogP contribution in [0.15, 0.2) is 35.3 Å². The Morgan fingerprint density at radius 2 is 1.97 bits per heavy atom. The molecule has 0 radical (unpaired) electrons. The van der Waals surface area contributed by atoms with Gasteiger partial charge in [0.05, 0.1) is 42.1 Å². The highest BCUT2D eigenvalue weighted by Gasteiger charge is 2.19. The summed E-state index contributed by atoms with van der Waals surface area (Å²) in [5.74, 6) is 0.602. The molecule has 0 atom stereocenters. The van der Waals surface area contributed by atoms with Crippen molar-refractivity contribution in [2.45, 2.75) is 20.5 Å². The van der Waals surface area contributed by atoms with E-state index in [4.69, 9.17) is 9.73 Å². The molecule has 5 N–H and O–H groups in total. The lowest BCUT2D eigenvalue weighted by Crippen LogP contribution is -2.28. The molecule has 3 aromatic rings. The first-order chi connectivity index (χ1) is 15.1. The minimum atomic E-state index is -0.182. The maximum absolute atomic E-state index is 10.2. The molecule has 31 heavy (non-hydrogen) atoms. The number of H-pyrrole nitrogens is 2. The van der Waals surface area contributed by atoms with E-state index in [0.29, 0.717) is 24.4 Å². The predicted octanol–water partition coefficient (Wildman–Crippen LogP) is -0.536. The summed E-state index contributed by atoms with van der Waals surface area (Å²) in [6, 6.07) is 10.1. The molecule has 1 aliphatic heterocycles. The van der Waals surface area contributed by atoms with Crippen LogP contribution >= 0.6 is 0 Å². The summed E-state index contributed by atoms with van der Waals surface area (Å²) in [5, 5.41) is 26.1. The molecule has 1 aliphatic rings. The third-order valence-corrected chi connectivity index (χ3v) is 5.50. The number of methoxy groups -OCH3 is 1. The number of aliphatic hydroxyl groups is 2. The van der Waals surface area contributed by atoms with Crippen LogP contribution < -0.4 is 31.3 Å². The first-order valence-electron chi connectivity index (χ1n) is 10.3. The van der Waals surface area contributed by atoms with E-state index in [1.54, 1.807) is 7.11 Å². The number of aliphatic hydroxyl groups excluding tert-OH is 2. The molecule has 4 rings (SSSR count). The van der Waals surface area contributed by atoms with E-state index >= 15 is 0 Å². The van der Waals surface area contributed by atoms with Crippen LogP contribution in [0.5, 0.6) is 5.75 Å². The number of aromatic nitrogens is 2. The highest BCUT2D eigenvalue weighted by atomic mass is 16.5. The molecule has 3 heterocycles. The Morgan fingerprint density at radius 1 is 1.16 bits per heavy atom. The molecule has 0 spiro atoms. The third kappa shape index (κ3) is 3.95. The van der Waals surface area contributed by atoms with E-state index in [1.165, 1.54) is 0 Å². The fourth-order valence-corrected chi connectivity index (χ4v) is 4.09. The SMILES string of the molecule is COc1c(CO)/c(=C2/N=c3ccccc3=C2CNCCO)[nH]/c1=C\c1[nH]c(C)cc1C. The second kappa shape index (κ2) is 8.93. The monoisotopic (exact) mass is 420 g/mol. The summed E-state index contributed by atoms with van der Waals surface area (Å²) < 4.78 is 5.69. The molecule has 162 valence electrons. The molecular weight excluding hydrogens is 392 g/mol. The highest BCUT2D eigenvalue weighted by Crippen LogP contribution is 2.17. The van der Waals surface area contributed by atoms with Gasteiger partial charge in [-0.05, 0) is 37.6 Å². The molecule has 0 unspecified atom stereocenters. The Labute approximate surface area is 180 Å². The molecular formula is C24H28N4O3. The van der Waals surface area contributed by atoms with Crippen LogP contribution in [-0.2, 0) is 6.61 Å². The van der Waals surface area contributed by atoms with Crippen LogP contribution in [0.2, 0.25) is 0 Å². The topological polar surface area (TPSA) is 106 Å². The van der Waals surface area contributed by atoms with Gasteiger partial charge in [-0.1, -0.05) is 18.2 Å². The van der Waals surface area contributed by atoms with Crippen molar-refractivity contribution in [2.24, 2.45) is 4.99 Å². The summed E-state index contributed by atoms with van der Waals surface area (Å²) in [7, 11) is 1.61. The van der Waals surface area contributed by atoms with Gasteiger partial charge in [0.15, 0.2) is 0 Å². The summed E-state index contributed by atoms with van der Waals surface area (Å²) in [6.45, 7) is 4.99. The van der Waals surface area contributed by atoms with Crippen molar-refractivity contribution in [3.8, 4) is 5.75 Å². The second-order valence-corrected chi connectivity index (χ2v) is 7.63. The zero-order chi connectivity index (χ0) is 22.0. The van der Waals surface area contributed by atoms with Gasteiger partial charge in [-0.15, -0.1) is 0 Å². The second-order valence-electron chi connectivity index (χ2n) is 7.63. The van der Waals surface area contributed by atoms with Gasteiger partial charge in [0, 0.05) is 40.8 Å². The number of hydrogen-bond donors (Lipinski definition) is 5. The van der Waals surface area contributed by atoms with Gasteiger partial charge in [-0.25, -0.2) is 4.99 Å². The summed E-state index contributed by atoms with van der Waals surface area (Å²) in [4.78, 5) is 11.7. The van der Waals surface area contributed by atoms with Gasteiger partial charge in [-0.2, -0.15) is 0 Å². The maximum Gasteiger partial charge on any atom is 0.150 e. The fraction of sp³-hybridized carbons (Fsp3) is 0.292. The Hall–Kier alpha value is -3.13. The van der Waals surface area contributed by atoms with Gasteiger partial charge >= 0.3 is 0 Å². The van der Waals surface area contributed by atoms with Crippen molar-refractivity contribution in [1.82, 2.24) is 15.3 Å². The largest absolute Gasteiger partial charge is 0.494 e. The molecule has 0 aliphatic carbocycles. The predicted molar refractivity (Wildman–Crippen MR) is 120 cm³/mol. The van der Waals surface area contributed by atoms with Crippen molar-refractivity contribution in [3.05, 3.63) is 74.1 Å². The lowest BCUT2D eigenvalue weighted by molar-refractivity contribution is 0.273. The minimum Gasteiger partial charge on any atom is -0.494 e. The molecule has 0 saturated carbocycles. The fourth-order valence-electron chi connectivity index (χ4n) is 4.09. The lowest BCUT2D eigenvalue weighted by atomic mass is 10.1. The molecule has 0 fully saturated rings. The smallest absolute Gasteiger partial charge is 0.150 e. The van der Waals surface area contributed by atoms with Crippen LogP contribution in [0, 0.1) is 13.8 Å². The Balaban J connectivity index is 1.99. The molecule has 0 amide bonds. The Morgan fingerprint density at radius 3 is 2.65 bits per heavy atom. The first kappa shape index (κ1) is 21.1. The average Bonchev–Trinajstić information content (AvgIpc) is 3.40. The van der Waals surface area contributed by atoms with Crippen LogP contribution in [-0.4, -0.2) is 47.0 Å². The van der Waals surface area contributed by atoms with Crippen molar-refractivity contribution in [2.75, 3.05) is 26.8 Å². The van der Waals surface area contributed by atoms with Crippen LogP contribution in [0.4, 0.5) is 0 Å². The molecule has 0 bridgehead atoms. The van der Waals surface area contributed by atoms with Crippen molar-refractivity contribution in [3.63, 3.8) is 0 Å². The van der Waals surface area contributed by atoms with Crippen molar-refractivity contribution < 1.29 is 14.9 Å². The highest BCUT2D eigenvalue weighted by molar-refractivity contribution is 5.90. The standard InChI is InChI=1S/C24H28N4O3/c1-14-10-15(2)26-20(14)11-21-24(31-3)18(13-30)23(28-21)22-17(12-25-8-9-29)16-6-4-5-7-19(16)27-22/h4-7,10-11,25-26,28-30H,8-9,12-13H2,1-3H3/b21-11-,23-22-. The summed E-state index contributed by atoms with van der Waals surface area (Å²) >= 11 is 0. The Kier molecular flexibility index (Phi) is 6.08. The van der Waals surface area contributed by atoms with E-state index in [9.17, 15) is 10.2 Å². The summed E-state index contributed by atoms with van der Waals surface area (Å²) in [6.07, 6.45) is 2.00. The zero-order valence-electron chi connectivity index (χ0n) is 18.0. The van der Waals surface area contributed by atoms with Crippen molar-refractivity contribution in [1.29, 1.82) is 0 Å². The van der Waals surface area contributed by atoms with E-state index in [-0.39, 0.29) is 13.2 Å². The van der Waals surface area contributed by atoms with Gasteiger partial charge in [0.25, 0.3) is 0 Å². The maximum atomic E-state index is 10.2. The molecule has 7 nitrogen and oxygen atoms in total. The number of fused-ring (bicyclic) bond motifs is 1. The number of para-hydroxylation sites is 1. The quantitative estimate of drug-likeness (QED) is 0.331. The normalized spacial score (nSPS) is 15.4. The van der Waals surface area contributed by atoms with Crippen LogP contribution in [0.1, 0.15) is 22.5 Å². The first-order valence-corrected chi connectivity index (χ1v) is 10.3. The summed E-state index contributed by atoms with van der Waals surface area (Å²) in [5.41, 5.74) is 5.65. The molecule has 2 aromatic heterocycles. The number of nitrogens with one attached hydrogen (secondary N) is 3. The molecule has 0 saturated heterocycles. The van der Waals surface area contributed by atoms with Gasteiger partial charge in [-0.3, -0.25) is 0 Å². The number of aromatic amines is 2. The third-order valence-electron chi connectivity index (χ3n) is 5.50. The average molecular weight is 421 g/mol. The minimum absolute atomic E-state index is 0.0631. The zero-order valence-corrected chi connectivity index (χ0v) is 18.0. The number of aryl methyl sites for hydroxylation is 2. The van der Waals surface area contributed by atoms with Crippen molar-refractivity contribution >= 4 is 17.3 Å². The van der Waals surface area contributed by atoms with Gasteiger partial charge < -0.3 is 30.2 Å². The van der Waals surface area contributed by atoms with Gasteiger partial charge in [0.1, 0.15) is 5.75 Å². The number of rotatable bonds is 7. The number of nitrogens with zero attached hydrogens (tertiary/aromatic N) is 1. The van der Waals surface area contributed by atoms with E-state index in [0.717, 1.165) is 49.5 Å². The van der Waals surface area contributed by atoms with Gasteiger partial charge in [0.2, 0.25) is 0 Å². The van der Waals surface area contributed by atoms with E-state index in [1.807, 2.05) is 37.3 Å². The van der Waals surface area contributed by atoms with Crippen LogP contribution in [0.25, 0.3) is 17.3 Å².